The van der Waals surface area contributed by atoms with E-state index in [9.17, 15) is 13.2 Å². The van der Waals surface area contributed by atoms with E-state index in [0.29, 0.717) is 19.6 Å². The molecule has 0 saturated carbocycles. The molecular formula is C8H17N3O4S. The second-order valence-electron chi connectivity index (χ2n) is 3.54. The van der Waals surface area contributed by atoms with Crippen molar-refractivity contribution in [1.82, 2.24) is 14.3 Å². The molecule has 1 aliphatic rings. The van der Waals surface area contributed by atoms with Crippen molar-refractivity contribution in [3.05, 3.63) is 0 Å². The van der Waals surface area contributed by atoms with Crippen LogP contribution in [0.1, 0.15) is 13.8 Å². The minimum atomic E-state index is -3.77. The standard InChI is InChI=1S/C8H17N3O4S/c1-3-15-8(12)10-16(13,14)11-5-4-9-7(2)6-11/h7,9H,3-6H2,1-2H3,(H,10,12)/t7-/m1/s1. The van der Waals surface area contributed by atoms with E-state index in [0.717, 1.165) is 0 Å². The van der Waals surface area contributed by atoms with Gasteiger partial charge in [-0.15, -0.1) is 0 Å². The van der Waals surface area contributed by atoms with Crippen LogP contribution in [0.3, 0.4) is 0 Å². The van der Waals surface area contributed by atoms with Gasteiger partial charge in [0.2, 0.25) is 0 Å². The fraction of sp³-hybridized carbons (Fsp3) is 0.875. The minimum Gasteiger partial charge on any atom is -0.449 e. The van der Waals surface area contributed by atoms with Crippen LogP contribution in [0, 0.1) is 0 Å². The van der Waals surface area contributed by atoms with Gasteiger partial charge in [-0.3, -0.25) is 0 Å². The molecule has 0 aromatic carbocycles. The Kier molecular flexibility index (Phi) is 4.51. The molecular weight excluding hydrogens is 234 g/mol. The number of nitrogens with zero attached hydrogens (tertiary/aromatic N) is 1. The van der Waals surface area contributed by atoms with Crippen LogP contribution >= 0.6 is 0 Å². The van der Waals surface area contributed by atoms with E-state index in [1.54, 1.807) is 6.92 Å². The van der Waals surface area contributed by atoms with Gasteiger partial charge in [-0.05, 0) is 13.8 Å². The molecule has 1 amide bonds. The van der Waals surface area contributed by atoms with Gasteiger partial charge in [0.1, 0.15) is 0 Å². The molecule has 0 unspecified atom stereocenters. The molecule has 1 saturated heterocycles. The summed E-state index contributed by atoms with van der Waals surface area (Å²) in [5, 5.41) is 3.11. The van der Waals surface area contributed by atoms with E-state index in [4.69, 9.17) is 0 Å². The quantitative estimate of drug-likeness (QED) is 0.690. The maximum atomic E-state index is 11.7. The molecule has 94 valence electrons. The van der Waals surface area contributed by atoms with Gasteiger partial charge in [-0.25, -0.2) is 9.52 Å². The first-order chi connectivity index (χ1) is 7.45. The summed E-state index contributed by atoms with van der Waals surface area (Å²) >= 11 is 0. The molecule has 16 heavy (non-hydrogen) atoms. The van der Waals surface area contributed by atoms with Gasteiger partial charge in [0, 0.05) is 25.7 Å². The Morgan fingerprint density at radius 3 is 2.88 bits per heavy atom. The van der Waals surface area contributed by atoms with E-state index >= 15 is 0 Å². The first kappa shape index (κ1) is 13.2. The maximum Gasteiger partial charge on any atom is 0.421 e. The third kappa shape index (κ3) is 3.62. The van der Waals surface area contributed by atoms with E-state index < -0.39 is 16.3 Å². The van der Waals surface area contributed by atoms with Gasteiger partial charge >= 0.3 is 16.3 Å². The molecule has 0 radical (unpaired) electrons. The molecule has 8 heteroatoms. The maximum absolute atomic E-state index is 11.7. The Hall–Kier alpha value is -0.860. The van der Waals surface area contributed by atoms with Crippen LogP contribution < -0.4 is 10.0 Å². The lowest BCUT2D eigenvalue weighted by atomic mass is 10.3. The summed E-state index contributed by atoms with van der Waals surface area (Å²) in [6.07, 6.45) is -0.936. The SMILES string of the molecule is CCOC(=O)NS(=O)(=O)N1CCN[C@H](C)C1. The highest BCUT2D eigenvalue weighted by molar-refractivity contribution is 7.87. The average molecular weight is 251 g/mol. The third-order valence-electron chi connectivity index (χ3n) is 2.16. The number of carbonyl (C=O) groups excluding carboxylic acids is 1. The summed E-state index contributed by atoms with van der Waals surface area (Å²) in [6.45, 7) is 4.89. The zero-order valence-corrected chi connectivity index (χ0v) is 10.2. The minimum absolute atomic E-state index is 0.0764. The molecule has 0 bridgehead atoms. The van der Waals surface area contributed by atoms with Crippen LogP contribution in [0.2, 0.25) is 0 Å². The number of ether oxygens (including phenoxy) is 1. The molecule has 0 aliphatic carbocycles. The van der Waals surface area contributed by atoms with Gasteiger partial charge in [-0.1, -0.05) is 0 Å². The number of hydrogen-bond donors (Lipinski definition) is 2. The van der Waals surface area contributed by atoms with Crippen molar-refractivity contribution >= 4 is 16.3 Å². The second-order valence-corrected chi connectivity index (χ2v) is 5.21. The molecule has 0 aromatic rings. The zero-order chi connectivity index (χ0) is 12.2. The van der Waals surface area contributed by atoms with Gasteiger partial charge in [0.25, 0.3) is 0 Å². The topological polar surface area (TPSA) is 87.7 Å². The summed E-state index contributed by atoms with van der Waals surface area (Å²) in [6, 6.07) is 0.0764. The van der Waals surface area contributed by atoms with Gasteiger partial charge in [0.05, 0.1) is 6.61 Å². The molecule has 0 aromatic heterocycles. The number of amides is 1. The van der Waals surface area contributed by atoms with Gasteiger partial charge in [-0.2, -0.15) is 12.7 Å². The Balaban J connectivity index is 2.59. The molecule has 1 heterocycles. The van der Waals surface area contributed by atoms with Crippen molar-refractivity contribution < 1.29 is 17.9 Å². The first-order valence-electron chi connectivity index (χ1n) is 5.13. The average Bonchev–Trinajstić information content (AvgIpc) is 2.17. The molecule has 0 spiro atoms. The summed E-state index contributed by atoms with van der Waals surface area (Å²) in [4.78, 5) is 11.0. The zero-order valence-electron chi connectivity index (χ0n) is 9.39. The molecule has 1 atom stereocenters. The second kappa shape index (κ2) is 5.46. The Bertz CT molecular complexity index is 343. The lowest BCUT2D eigenvalue weighted by Crippen LogP contribution is -2.55. The number of hydrogen-bond acceptors (Lipinski definition) is 5. The van der Waals surface area contributed by atoms with E-state index in [-0.39, 0.29) is 12.6 Å². The summed E-state index contributed by atoms with van der Waals surface area (Å²) in [5.41, 5.74) is 0. The number of piperazine rings is 1. The van der Waals surface area contributed by atoms with Crippen molar-refractivity contribution in [2.75, 3.05) is 26.2 Å². The molecule has 2 N–H and O–H groups in total. The summed E-state index contributed by atoms with van der Waals surface area (Å²) in [7, 11) is -3.77. The molecule has 1 aliphatic heterocycles. The molecule has 7 nitrogen and oxygen atoms in total. The smallest absolute Gasteiger partial charge is 0.421 e. The Morgan fingerprint density at radius 2 is 2.31 bits per heavy atom. The van der Waals surface area contributed by atoms with Crippen molar-refractivity contribution in [2.24, 2.45) is 0 Å². The third-order valence-corrected chi connectivity index (χ3v) is 3.60. The van der Waals surface area contributed by atoms with Crippen molar-refractivity contribution in [3.8, 4) is 0 Å². The van der Waals surface area contributed by atoms with Crippen LogP contribution in [0.5, 0.6) is 0 Å². The van der Waals surface area contributed by atoms with Gasteiger partial charge < -0.3 is 10.1 Å². The number of rotatable bonds is 3. The number of carbonyl (C=O) groups is 1. The van der Waals surface area contributed by atoms with Crippen molar-refractivity contribution in [1.29, 1.82) is 0 Å². The predicted octanol–water partition coefficient (Wildman–Crippen LogP) is -0.729. The van der Waals surface area contributed by atoms with Crippen LogP contribution in [0.25, 0.3) is 0 Å². The monoisotopic (exact) mass is 251 g/mol. The fourth-order valence-electron chi connectivity index (χ4n) is 1.45. The fourth-order valence-corrected chi connectivity index (χ4v) is 2.60. The van der Waals surface area contributed by atoms with E-state index in [2.05, 4.69) is 10.1 Å². The van der Waals surface area contributed by atoms with Crippen LogP contribution in [-0.4, -0.2) is 51.1 Å². The van der Waals surface area contributed by atoms with E-state index in [1.165, 1.54) is 4.31 Å². The van der Waals surface area contributed by atoms with Crippen molar-refractivity contribution in [3.63, 3.8) is 0 Å². The number of nitrogens with one attached hydrogen (secondary N) is 2. The Morgan fingerprint density at radius 1 is 1.62 bits per heavy atom. The summed E-state index contributed by atoms with van der Waals surface area (Å²) < 4.78 is 31.0. The first-order valence-corrected chi connectivity index (χ1v) is 6.57. The van der Waals surface area contributed by atoms with Crippen LogP contribution in [-0.2, 0) is 14.9 Å². The Labute approximate surface area is 95.3 Å². The van der Waals surface area contributed by atoms with E-state index in [1.807, 2.05) is 11.6 Å². The predicted molar refractivity (Wildman–Crippen MR) is 58.1 cm³/mol. The lowest BCUT2D eigenvalue weighted by molar-refractivity contribution is 0.157. The lowest BCUT2D eigenvalue weighted by Gasteiger charge is -2.30. The highest BCUT2D eigenvalue weighted by Crippen LogP contribution is 2.04. The van der Waals surface area contributed by atoms with Gasteiger partial charge in [0.15, 0.2) is 0 Å². The van der Waals surface area contributed by atoms with Crippen LogP contribution in [0.15, 0.2) is 0 Å². The molecule has 1 fully saturated rings. The van der Waals surface area contributed by atoms with Crippen molar-refractivity contribution in [2.45, 2.75) is 19.9 Å². The normalized spacial score (nSPS) is 22.8. The highest BCUT2D eigenvalue weighted by atomic mass is 32.2. The highest BCUT2D eigenvalue weighted by Gasteiger charge is 2.28. The molecule has 1 rings (SSSR count). The van der Waals surface area contributed by atoms with Crippen LogP contribution in [0.4, 0.5) is 4.79 Å². The summed E-state index contributed by atoms with van der Waals surface area (Å²) in [5.74, 6) is 0. The largest absolute Gasteiger partial charge is 0.449 e.